The van der Waals surface area contributed by atoms with Crippen molar-refractivity contribution in [2.45, 2.75) is 45.1 Å². The number of ketones is 1. The van der Waals surface area contributed by atoms with Crippen LogP contribution in [0.4, 0.5) is 8.78 Å². The van der Waals surface area contributed by atoms with Crippen molar-refractivity contribution in [2.24, 2.45) is 0 Å². The molecule has 0 unspecified atom stereocenters. The zero-order valence-corrected chi connectivity index (χ0v) is 12.1. The summed E-state index contributed by atoms with van der Waals surface area (Å²) in [7, 11) is 0. The molecule has 1 fully saturated rings. The Morgan fingerprint density at radius 3 is 2.50 bits per heavy atom. The van der Waals surface area contributed by atoms with Gasteiger partial charge in [0.05, 0.1) is 5.54 Å². The molecule has 4 heteroatoms. The Bertz CT molecular complexity index is 493. The number of Topliss-reactive ketones (excluding diaryl/α,β-unsaturated/α-hetero) is 1. The first-order valence-electron chi connectivity index (χ1n) is 7.13. The van der Waals surface area contributed by atoms with Crippen LogP contribution in [0, 0.1) is 11.6 Å². The number of hydrogen-bond acceptors (Lipinski definition) is 2. The maximum Gasteiger partial charge on any atom is 0.156 e. The van der Waals surface area contributed by atoms with Crippen LogP contribution in [0.1, 0.15) is 38.7 Å². The van der Waals surface area contributed by atoms with Gasteiger partial charge in [-0.05, 0) is 63.5 Å². The van der Waals surface area contributed by atoms with Gasteiger partial charge in [-0.15, -0.1) is 0 Å². The molecular weight excluding hydrogens is 260 g/mol. The monoisotopic (exact) mass is 281 g/mol. The maximum atomic E-state index is 13.6. The molecule has 0 amide bonds. The molecule has 1 heterocycles. The number of piperidine rings is 1. The van der Waals surface area contributed by atoms with Gasteiger partial charge >= 0.3 is 0 Å². The number of rotatable bonds is 4. The Balaban J connectivity index is 2.11. The first-order valence-corrected chi connectivity index (χ1v) is 7.13. The van der Waals surface area contributed by atoms with Crippen molar-refractivity contribution in [3.63, 3.8) is 0 Å². The zero-order valence-electron chi connectivity index (χ0n) is 12.1. The number of hydrogen-bond donors (Lipinski definition) is 0. The summed E-state index contributed by atoms with van der Waals surface area (Å²) in [6.07, 6.45) is 3.31. The van der Waals surface area contributed by atoms with Crippen LogP contribution in [-0.2, 0) is 11.2 Å². The van der Waals surface area contributed by atoms with Crippen molar-refractivity contribution in [3.8, 4) is 0 Å². The van der Waals surface area contributed by atoms with Crippen molar-refractivity contribution < 1.29 is 13.6 Å². The Morgan fingerprint density at radius 2 is 1.85 bits per heavy atom. The third-order valence-electron chi connectivity index (χ3n) is 4.19. The van der Waals surface area contributed by atoms with E-state index in [-0.39, 0.29) is 17.8 Å². The summed E-state index contributed by atoms with van der Waals surface area (Å²) in [5.41, 5.74) is -0.487. The molecule has 0 bridgehead atoms. The van der Waals surface area contributed by atoms with E-state index in [1.165, 1.54) is 6.42 Å². The molecular formula is C16H21F2NO. The molecule has 0 aromatic heterocycles. The van der Waals surface area contributed by atoms with Crippen molar-refractivity contribution in [2.75, 3.05) is 13.1 Å². The van der Waals surface area contributed by atoms with Crippen LogP contribution >= 0.6 is 0 Å². The Kier molecular flexibility index (Phi) is 4.53. The van der Waals surface area contributed by atoms with Crippen LogP contribution in [-0.4, -0.2) is 29.3 Å². The fraction of sp³-hybridized carbons (Fsp3) is 0.562. The topological polar surface area (TPSA) is 20.3 Å². The van der Waals surface area contributed by atoms with E-state index in [0.717, 1.165) is 44.1 Å². The maximum absolute atomic E-state index is 13.6. The molecule has 1 aliphatic rings. The zero-order chi connectivity index (χ0) is 14.8. The van der Waals surface area contributed by atoms with Crippen molar-refractivity contribution in [1.82, 2.24) is 4.90 Å². The van der Waals surface area contributed by atoms with Gasteiger partial charge in [0, 0.05) is 6.42 Å². The predicted octanol–water partition coefficient (Wildman–Crippen LogP) is 3.34. The van der Waals surface area contributed by atoms with Gasteiger partial charge < -0.3 is 0 Å². The van der Waals surface area contributed by atoms with Crippen LogP contribution in [0.3, 0.4) is 0 Å². The van der Waals surface area contributed by atoms with Gasteiger partial charge in [0.15, 0.2) is 5.78 Å². The minimum Gasteiger partial charge on any atom is -0.297 e. The third kappa shape index (κ3) is 3.23. The highest BCUT2D eigenvalue weighted by Gasteiger charge is 2.34. The van der Waals surface area contributed by atoms with Gasteiger partial charge in [-0.25, -0.2) is 8.78 Å². The minimum atomic E-state index is -0.626. The van der Waals surface area contributed by atoms with Gasteiger partial charge in [-0.2, -0.15) is 0 Å². The number of nitrogens with zero attached hydrogens (tertiary/aromatic N) is 1. The molecule has 0 aliphatic carbocycles. The van der Waals surface area contributed by atoms with E-state index in [1.54, 1.807) is 0 Å². The molecule has 0 N–H and O–H groups in total. The van der Waals surface area contributed by atoms with E-state index < -0.39 is 17.2 Å². The van der Waals surface area contributed by atoms with Gasteiger partial charge in [-0.3, -0.25) is 9.69 Å². The van der Waals surface area contributed by atoms with Crippen LogP contribution < -0.4 is 0 Å². The first-order chi connectivity index (χ1) is 9.41. The molecule has 0 saturated carbocycles. The number of benzene rings is 1. The molecule has 1 aliphatic heterocycles. The quantitative estimate of drug-likeness (QED) is 0.843. The Labute approximate surface area is 118 Å². The SMILES string of the molecule is CC(C)(C(=O)Cc1cc(F)ccc1F)N1CCCCC1. The Hall–Kier alpha value is -1.29. The second kappa shape index (κ2) is 6.00. The average molecular weight is 281 g/mol. The summed E-state index contributed by atoms with van der Waals surface area (Å²) in [6.45, 7) is 5.53. The van der Waals surface area contributed by atoms with Crippen molar-refractivity contribution in [3.05, 3.63) is 35.4 Å². The predicted molar refractivity (Wildman–Crippen MR) is 74.6 cm³/mol. The van der Waals surface area contributed by atoms with E-state index in [1.807, 2.05) is 13.8 Å². The fourth-order valence-corrected chi connectivity index (χ4v) is 2.70. The van der Waals surface area contributed by atoms with Gasteiger partial charge in [0.2, 0.25) is 0 Å². The van der Waals surface area contributed by atoms with E-state index in [0.29, 0.717) is 0 Å². The number of likely N-dealkylation sites (tertiary alicyclic amines) is 1. The summed E-state index contributed by atoms with van der Waals surface area (Å²) in [5, 5.41) is 0. The number of carbonyl (C=O) groups excluding carboxylic acids is 1. The highest BCUT2D eigenvalue weighted by Crippen LogP contribution is 2.23. The molecule has 110 valence electrons. The van der Waals surface area contributed by atoms with Crippen molar-refractivity contribution in [1.29, 1.82) is 0 Å². The molecule has 1 saturated heterocycles. The number of carbonyl (C=O) groups is 1. The van der Waals surface area contributed by atoms with Gasteiger partial charge in [-0.1, -0.05) is 6.42 Å². The lowest BCUT2D eigenvalue weighted by Crippen LogP contribution is -2.52. The smallest absolute Gasteiger partial charge is 0.156 e. The van der Waals surface area contributed by atoms with E-state index in [4.69, 9.17) is 0 Å². The molecule has 2 nitrogen and oxygen atoms in total. The van der Waals surface area contributed by atoms with Gasteiger partial charge in [0.25, 0.3) is 0 Å². The molecule has 0 spiro atoms. The Morgan fingerprint density at radius 1 is 1.20 bits per heavy atom. The highest BCUT2D eigenvalue weighted by atomic mass is 19.1. The molecule has 1 aromatic rings. The van der Waals surface area contributed by atoms with E-state index in [9.17, 15) is 13.6 Å². The van der Waals surface area contributed by atoms with Crippen LogP contribution in [0.25, 0.3) is 0 Å². The lowest BCUT2D eigenvalue weighted by atomic mass is 9.90. The molecule has 2 rings (SSSR count). The first kappa shape index (κ1) is 15.1. The lowest BCUT2D eigenvalue weighted by molar-refractivity contribution is -0.129. The second-order valence-electron chi connectivity index (χ2n) is 5.94. The van der Waals surface area contributed by atoms with E-state index >= 15 is 0 Å². The van der Waals surface area contributed by atoms with Crippen LogP contribution in [0.2, 0.25) is 0 Å². The summed E-state index contributed by atoms with van der Waals surface area (Å²) < 4.78 is 26.8. The third-order valence-corrected chi connectivity index (χ3v) is 4.19. The molecule has 1 aromatic carbocycles. The molecule has 0 atom stereocenters. The summed E-state index contributed by atoms with van der Waals surface area (Å²) in [6, 6.07) is 3.25. The average Bonchev–Trinajstić information content (AvgIpc) is 2.43. The second-order valence-corrected chi connectivity index (χ2v) is 5.94. The highest BCUT2D eigenvalue weighted by molar-refractivity contribution is 5.89. The van der Waals surface area contributed by atoms with Crippen molar-refractivity contribution >= 4 is 5.78 Å². The largest absolute Gasteiger partial charge is 0.297 e. The van der Waals surface area contributed by atoms with Crippen LogP contribution in [0.5, 0.6) is 0 Å². The summed E-state index contributed by atoms with van der Waals surface area (Å²) >= 11 is 0. The normalized spacial score (nSPS) is 17.2. The number of halogens is 2. The molecule has 20 heavy (non-hydrogen) atoms. The fourth-order valence-electron chi connectivity index (χ4n) is 2.70. The van der Waals surface area contributed by atoms with E-state index in [2.05, 4.69) is 4.90 Å². The standard InChI is InChI=1S/C16H21F2NO/c1-16(2,19-8-4-3-5-9-19)15(20)11-12-10-13(17)6-7-14(12)18/h6-7,10H,3-5,8-9,11H2,1-2H3. The van der Waals surface area contributed by atoms with Gasteiger partial charge in [0.1, 0.15) is 11.6 Å². The lowest BCUT2D eigenvalue weighted by Gasteiger charge is -2.39. The minimum absolute atomic E-state index is 0.0624. The molecule has 0 radical (unpaired) electrons. The van der Waals surface area contributed by atoms with Crippen LogP contribution in [0.15, 0.2) is 18.2 Å². The summed E-state index contributed by atoms with van der Waals surface area (Å²) in [4.78, 5) is 14.6. The summed E-state index contributed by atoms with van der Waals surface area (Å²) in [5.74, 6) is -1.09.